The van der Waals surface area contributed by atoms with E-state index in [4.69, 9.17) is 16.3 Å². The quantitative estimate of drug-likeness (QED) is 0.479. The second-order valence-corrected chi connectivity index (χ2v) is 10.7. The van der Waals surface area contributed by atoms with Crippen molar-refractivity contribution in [1.82, 2.24) is 30.2 Å². The van der Waals surface area contributed by atoms with Crippen LogP contribution >= 0.6 is 11.6 Å². The third kappa shape index (κ3) is 5.33. The van der Waals surface area contributed by atoms with Crippen LogP contribution in [0.4, 0.5) is 5.69 Å². The molecule has 2 aliphatic rings. The molecule has 5 rings (SSSR count). The summed E-state index contributed by atoms with van der Waals surface area (Å²) in [6.45, 7) is 7.99. The summed E-state index contributed by atoms with van der Waals surface area (Å²) in [5.74, 6) is -0.387. The lowest BCUT2D eigenvalue weighted by molar-refractivity contribution is -0.148. The molecule has 2 fully saturated rings. The molecule has 3 aromatic rings. The Morgan fingerprint density at radius 2 is 2.00 bits per heavy atom. The normalized spacial score (nSPS) is 21.6. The molecule has 0 spiro atoms. The number of amides is 2. The first kappa shape index (κ1) is 24.9. The predicted molar refractivity (Wildman–Crippen MR) is 140 cm³/mol. The number of pyridine rings is 1. The van der Waals surface area contributed by atoms with E-state index in [1.54, 1.807) is 18.5 Å². The van der Waals surface area contributed by atoms with Crippen molar-refractivity contribution in [3.8, 4) is 0 Å². The largest absolute Gasteiger partial charge is 0.372 e. The number of aromatic nitrogens is 2. The molecule has 0 unspecified atom stereocenters. The second kappa shape index (κ2) is 9.95. The fourth-order valence-electron chi connectivity index (χ4n) is 4.91. The van der Waals surface area contributed by atoms with Crippen LogP contribution in [0.3, 0.4) is 0 Å². The molecule has 192 valence electrons. The van der Waals surface area contributed by atoms with E-state index < -0.39 is 11.6 Å². The van der Waals surface area contributed by atoms with Crippen molar-refractivity contribution in [3.05, 3.63) is 35.6 Å². The summed E-state index contributed by atoms with van der Waals surface area (Å²) in [4.78, 5) is 38.0. The van der Waals surface area contributed by atoms with Crippen molar-refractivity contribution in [3.63, 3.8) is 0 Å². The number of halogens is 1. The molecule has 2 amide bonds. The standard InChI is InChI=1S/C25H32ClN7O3/c1-25(2)15-32(13-22(34)30-33-8-6-31(3)7-9-33)21(14-36-25)24(35)29-19-11-16(26)10-18-17-4-5-27-12-20(17)28-23(18)19/h4-5,10-12,21,28H,6-9,13-15H2,1-3H3,(H,29,35)(H,30,34)/t21-/m0/s1. The minimum atomic E-state index is -0.628. The minimum absolute atomic E-state index is 0.0975. The molecular weight excluding hydrogens is 482 g/mol. The van der Waals surface area contributed by atoms with Crippen LogP contribution < -0.4 is 10.7 Å². The van der Waals surface area contributed by atoms with Crippen LogP contribution in [0, 0.1) is 0 Å². The van der Waals surface area contributed by atoms with Crippen molar-refractivity contribution in [2.75, 3.05) is 58.2 Å². The molecule has 4 heterocycles. The van der Waals surface area contributed by atoms with Crippen molar-refractivity contribution < 1.29 is 14.3 Å². The molecule has 2 aromatic heterocycles. The highest BCUT2D eigenvalue weighted by Gasteiger charge is 2.39. The summed E-state index contributed by atoms with van der Waals surface area (Å²) < 4.78 is 5.98. The first-order valence-corrected chi connectivity index (χ1v) is 12.5. The van der Waals surface area contributed by atoms with Gasteiger partial charge in [-0.25, -0.2) is 5.01 Å². The Bertz CT molecular complexity index is 1290. The lowest BCUT2D eigenvalue weighted by Crippen LogP contribution is -2.61. The molecule has 2 aliphatic heterocycles. The lowest BCUT2D eigenvalue weighted by Gasteiger charge is -2.42. The predicted octanol–water partition coefficient (Wildman–Crippen LogP) is 2.07. The number of nitrogens with zero attached hydrogens (tertiary/aromatic N) is 4. The van der Waals surface area contributed by atoms with Crippen molar-refractivity contribution in [1.29, 1.82) is 0 Å². The number of carbonyl (C=O) groups is 2. The maximum Gasteiger partial charge on any atom is 0.248 e. The van der Waals surface area contributed by atoms with Gasteiger partial charge in [-0.2, -0.15) is 0 Å². The van der Waals surface area contributed by atoms with Gasteiger partial charge in [0, 0.05) is 54.7 Å². The number of H-pyrrole nitrogens is 1. The molecule has 0 bridgehead atoms. The van der Waals surface area contributed by atoms with Crippen molar-refractivity contribution in [2.24, 2.45) is 0 Å². The van der Waals surface area contributed by atoms with Gasteiger partial charge in [-0.3, -0.25) is 24.9 Å². The van der Waals surface area contributed by atoms with Gasteiger partial charge in [-0.15, -0.1) is 0 Å². The number of hydrogen-bond acceptors (Lipinski definition) is 7. The Balaban J connectivity index is 1.34. The number of hydrazine groups is 1. The number of nitrogens with one attached hydrogen (secondary N) is 3. The number of morpholine rings is 1. The Kier molecular flexibility index (Phi) is 6.88. The van der Waals surface area contributed by atoms with E-state index in [1.807, 2.05) is 35.9 Å². The molecule has 0 radical (unpaired) electrons. The number of piperazine rings is 1. The molecule has 1 aromatic carbocycles. The number of aromatic amines is 1. The van der Waals surface area contributed by atoms with Crippen LogP contribution in [0.5, 0.6) is 0 Å². The lowest BCUT2D eigenvalue weighted by atomic mass is 10.0. The Labute approximate surface area is 214 Å². The van der Waals surface area contributed by atoms with Gasteiger partial charge in [0.15, 0.2) is 0 Å². The van der Waals surface area contributed by atoms with Gasteiger partial charge in [0.05, 0.1) is 41.7 Å². The third-order valence-electron chi connectivity index (χ3n) is 6.82. The highest BCUT2D eigenvalue weighted by atomic mass is 35.5. The Morgan fingerprint density at radius 3 is 2.78 bits per heavy atom. The topological polar surface area (TPSA) is 106 Å². The van der Waals surface area contributed by atoms with Crippen LogP contribution in [0.15, 0.2) is 30.6 Å². The number of likely N-dealkylation sites (N-methyl/N-ethyl adjacent to an activating group) is 1. The zero-order chi connectivity index (χ0) is 25.4. The SMILES string of the molecule is CN1CCN(NC(=O)CN2CC(C)(C)OC[C@H]2C(=O)Nc2cc(Cl)cc3c2[nH]c2cnccc23)CC1. The van der Waals surface area contributed by atoms with Gasteiger partial charge in [-0.05, 0) is 39.1 Å². The third-order valence-corrected chi connectivity index (χ3v) is 7.04. The zero-order valence-corrected chi connectivity index (χ0v) is 21.6. The van der Waals surface area contributed by atoms with Crippen molar-refractivity contribution >= 4 is 50.9 Å². The second-order valence-electron chi connectivity index (χ2n) is 10.2. The number of anilines is 1. The average Bonchev–Trinajstić information content (AvgIpc) is 3.19. The summed E-state index contributed by atoms with van der Waals surface area (Å²) >= 11 is 6.41. The number of rotatable bonds is 5. The first-order chi connectivity index (χ1) is 17.2. The molecule has 10 nitrogen and oxygen atoms in total. The molecule has 0 aliphatic carbocycles. The fourth-order valence-corrected chi connectivity index (χ4v) is 5.13. The van der Waals surface area contributed by atoms with Crippen LogP contribution in [0.25, 0.3) is 21.8 Å². The van der Waals surface area contributed by atoms with Gasteiger partial charge in [-0.1, -0.05) is 11.6 Å². The monoisotopic (exact) mass is 513 g/mol. The summed E-state index contributed by atoms with van der Waals surface area (Å²) in [7, 11) is 2.07. The number of fused-ring (bicyclic) bond motifs is 3. The molecule has 11 heteroatoms. The molecule has 1 atom stereocenters. The fraction of sp³-hybridized carbons (Fsp3) is 0.480. The van der Waals surface area contributed by atoms with Crippen LogP contribution in [-0.4, -0.2) is 101 Å². The Hall–Kier alpha value is -2.76. The first-order valence-electron chi connectivity index (χ1n) is 12.2. The maximum atomic E-state index is 13.5. The molecule has 2 saturated heterocycles. The van der Waals surface area contributed by atoms with E-state index in [1.165, 1.54) is 0 Å². The van der Waals surface area contributed by atoms with Gasteiger partial charge in [0.2, 0.25) is 11.8 Å². The maximum absolute atomic E-state index is 13.5. The van der Waals surface area contributed by atoms with E-state index in [2.05, 4.69) is 32.7 Å². The van der Waals surface area contributed by atoms with Crippen LogP contribution in [0.2, 0.25) is 5.02 Å². The van der Waals surface area contributed by atoms with E-state index in [-0.39, 0.29) is 25.0 Å². The molecular formula is C25H32ClN7O3. The van der Waals surface area contributed by atoms with Gasteiger partial charge < -0.3 is 19.9 Å². The van der Waals surface area contributed by atoms with E-state index in [0.717, 1.165) is 48.0 Å². The molecule has 3 N–H and O–H groups in total. The highest BCUT2D eigenvalue weighted by molar-refractivity contribution is 6.33. The molecule has 0 saturated carbocycles. The molecule has 36 heavy (non-hydrogen) atoms. The summed E-state index contributed by atoms with van der Waals surface area (Å²) in [6.07, 6.45) is 3.47. The van der Waals surface area contributed by atoms with Gasteiger partial charge >= 0.3 is 0 Å². The number of ether oxygens (including phenoxy) is 1. The summed E-state index contributed by atoms with van der Waals surface area (Å²) in [5, 5.41) is 7.36. The zero-order valence-electron chi connectivity index (χ0n) is 20.8. The van der Waals surface area contributed by atoms with E-state index in [9.17, 15) is 9.59 Å². The van der Waals surface area contributed by atoms with E-state index >= 15 is 0 Å². The summed E-state index contributed by atoms with van der Waals surface area (Å²) in [6, 6.07) is 4.87. The van der Waals surface area contributed by atoms with E-state index in [0.29, 0.717) is 17.3 Å². The van der Waals surface area contributed by atoms with Gasteiger partial charge in [0.25, 0.3) is 0 Å². The smallest absolute Gasteiger partial charge is 0.248 e. The number of carbonyl (C=O) groups excluding carboxylic acids is 2. The Morgan fingerprint density at radius 1 is 1.22 bits per heavy atom. The van der Waals surface area contributed by atoms with Crippen LogP contribution in [0.1, 0.15) is 13.8 Å². The number of hydrogen-bond donors (Lipinski definition) is 3. The van der Waals surface area contributed by atoms with Crippen LogP contribution in [-0.2, 0) is 14.3 Å². The number of benzene rings is 1. The average molecular weight is 514 g/mol. The van der Waals surface area contributed by atoms with Gasteiger partial charge in [0.1, 0.15) is 6.04 Å². The van der Waals surface area contributed by atoms with Crippen molar-refractivity contribution in [2.45, 2.75) is 25.5 Å². The summed E-state index contributed by atoms with van der Waals surface area (Å²) in [5.41, 5.74) is 4.72. The minimum Gasteiger partial charge on any atom is -0.372 e. The highest BCUT2D eigenvalue weighted by Crippen LogP contribution is 2.33.